The first-order valence-corrected chi connectivity index (χ1v) is 10.6. The molecule has 7 heteroatoms. The van der Waals surface area contributed by atoms with Crippen LogP contribution < -0.4 is 10.5 Å². The van der Waals surface area contributed by atoms with E-state index in [1.807, 2.05) is 30.3 Å². The minimum atomic E-state index is -0.0913. The first kappa shape index (κ1) is 20.0. The Bertz CT molecular complexity index is 742. The summed E-state index contributed by atoms with van der Waals surface area (Å²) in [5, 5.41) is 4.70. The van der Waals surface area contributed by atoms with Crippen molar-refractivity contribution in [3.05, 3.63) is 36.0 Å². The maximum atomic E-state index is 6.20. The van der Waals surface area contributed by atoms with E-state index < -0.39 is 0 Å². The zero-order valence-corrected chi connectivity index (χ0v) is 17.1. The summed E-state index contributed by atoms with van der Waals surface area (Å²) in [7, 11) is 0. The van der Waals surface area contributed by atoms with Gasteiger partial charge in [0.1, 0.15) is 18.2 Å². The summed E-state index contributed by atoms with van der Waals surface area (Å²) >= 11 is 1.75. The Balaban J connectivity index is 1.60. The van der Waals surface area contributed by atoms with Gasteiger partial charge in [0.15, 0.2) is 6.29 Å². The molecule has 1 atom stereocenters. The molecule has 2 aromatic rings. The van der Waals surface area contributed by atoms with Crippen LogP contribution in [0.25, 0.3) is 5.69 Å². The number of anilines is 1. The fraction of sp³-hybridized carbons (Fsp3) is 0.550. The Kier molecular flexibility index (Phi) is 6.68. The molecular weight excluding hydrogens is 362 g/mol. The lowest BCUT2D eigenvalue weighted by molar-refractivity contribution is -0.165. The van der Waals surface area contributed by atoms with Crippen LogP contribution in [0.15, 0.2) is 30.3 Å². The van der Waals surface area contributed by atoms with Gasteiger partial charge >= 0.3 is 0 Å². The lowest BCUT2D eigenvalue weighted by atomic mass is 10.1. The monoisotopic (exact) mass is 391 g/mol. The predicted octanol–water partition coefficient (Wildman–Crippen LogP) is 3.97. The van der Waals surface area contributed by atoms with Gasteiger partial charge in [0.2, 0.25) is 0 Å². The molecule has 0 spiro atoms. The van der Waals surface area contributed by atoms with E-state index in [-0.39, 0.29) is 11.0 Å². The van der Waals surface area contributed by atoms with Crippen LogP contribution in [0, 0.1) is 0 Å². The van der Waals surface area contributed by atoms with Crippen LogP contribution in [0.5, 0.6) is 5.75 Å². The van der Waals surface area contributed by atoms with Crippen molar-refractivity contribution < 1.29 is 14.2 Å². The van der Waals surface area contributed by atoms with Gasteiger partial charge in [-0.25, -0.2) is 4.68 Å². The van der Waals surface area contributed by atoms with E-state index in [9.17, 15) is 0 Å². The van der Waals surface area contributed by atoms with E-state index in [0.717, 1.165) is 43.0 Å². The maximum absolute atomic E-state index is 6.20. The molecule has 1 saturated heterocycles. The van der Waals surface area contributed by atoms with Crippen molar-refractivity contribution >= 4 is 17.6 Å². The van der Waals surface area contributed by atoms with Crippen LogP contribution in [0.2, 0.25) is 0 Å². The molecule has 27 heavy (non-hydrogen) atoms. The molecule has 3 rings (SSSR count). The molecule has 2 heterocycles. The highest BCUT2D eigenvalue weighted by molar-refractivity contribution is 7.99. The molecule has 6 nitrogen and oxygen atoms in total. The Hall–Kier alpha value is -1.70. The van der Waals surface area contributed by atoms with Crippen molar-refractivity contribution in [2.24, 2.45) is 0 Å². The van der Waals surface area contributed by atoms with Crippen LogP contribution in [0.1, 0.15) is 38.8 Å². The van der Waals surface area contributed by atoms with E-state index in [1.54, 1.807) is 16.4 Å². The first-order valence-electron chi connectivity index (χ1n) is 9.37. The number of aromatic nitrogens is 2. The summed E-state index contributed by atoms with van der Waals surface area (Å²) < 4.78 is 18.8. The van der Waals surface area contributed by atoms with Gasteiger partial charge < -0.3 is 19.9 Å². The average molecular weight is 392 g/mol. The van der Waals surface area contributed by atoms with E-state index in [0.29, 0.717) is 19.0 Å². The minimum Gasteiger partial charge on any atom is -0.491 e. The number of thioether (sulfide) groups is 1. The summed E-state index contributed by atoms with van der Waals surface area (Å²) in [4.78, 5) is 0. The average Bonchev–Trinajstić information content (AvgIpc) is 3.09. The second-order valence-corrected chi connectivity index (χ2v) is 8.52. The molecule has 0 aliphatic carbocycles. The van der Waals surface area contributed by atoms with Crippen molar-refractivity contribution in [3.8, 4) is 11.4 Å². The van der Waals surface area contributed by atoms with Crippen molar-refractivity contribution in [1.29, 1.82) is 0 Å². The molecular formula is C20H29N3O3S. The van der Waals surface area contributed by atoms with Gasteiger partial charge in [-0.2, -0.15) is 16.9 Å². The number of rotatable bonds is 8. The molecule has 1 aromatic carbocycles. The van der Waals surface area contributed by atoms with E-state index in [2.05, 4.69) is 20.1 Å². The van der Waals surface area contributed by atoms with Gasteiger partial charge in [-0.3, -0.25) is 0 Å². The third-order valence-electron chi connectivity index (χ3n) is 4.72. The van der Waals surface area contributed by atoms with Gasteiger partial charge in [0.25, 0.3) is 0 Å². The van der Waals surface area contributed by atoms with E-state index in [1.165, 1.54) is 0 Å². The molecule has 1 aliphatic heterocycles. The smallest absolute Gasteiger partial charge is 0.157 e. The summed E-state index contributed by atoms with van der Waals surface area (Å²) in [6, 6.07) is 9.71. The highest BCUT2D eigenvalue weighted by atomic mass is 32.2. The third kappa shape index (κ3) is 5.18. The molecule has 0 saturated carbocycles. The molecule has 1 aliphatic rings. The van der Waals surface area contributed by atoms with Crippen LogP contribution in [0.4, 0.5) is 5.82 Å². The molecule has 2 N–H and O–H groups in total. The standard InChI is InChI=1S/C20H29N3O3S/c1-20(2,27-3)17-14-18(21)23(22-17)15-7-6-8-16(13-15)24-11-12-26-19-9-4-5-10-25-19/h6-8,13-14,19H,4-5,9-12,21H2,1-3H3. The largest absolute Gasteiger partial charge is 0.491 e. The summed E-state index contributed by atoms with van der Waals surface area (Å²) in [6.07, 6.45) is 5.23. The van der Waals surface area contributed by atoms with Gasteiger partial charge in [-0.05, 0) is 51.5 Å². The van der Waals surface area contributed by atoms with Crippen LogP contribution in [-0.4, -0.2) is 42.1 Å². The second-order valence-electron chi connectivity index (χ2n) is 7.09. The molecule has 0 amide bonds. The van der Waals surface area contributed by atoms with Crippen molar-refractivity contribution in [3.63, 3.8) is 0 Å². The molecule has 1 fully saturated rings. The quantitative estimate of drug-likeness (QED) is 0.687. The lowest BCUT2D eigenvalue weighted by Crippen LogP contribution is -2.24. The number of hydrogen-bond acceptors (Lipinski definition) is 6. The lowest BCUT2D eigenvalue weighted by Gasteiger charge is -2.22. The fourth-order valence-electron chi connectivity index (χ4n) is 2.89. The van der Waals surface area contributed by atoms with Gasteiger partial charge in [-0.1, -0.05) is 6.07 Å². The normalized spacial score (nSPS) is 17.8. The summed E-state index contributed by atoms with van der Waals surface area (Å²) in [5.41, 5.74) is 8.03. The topological polar surface area (TPSA) is 71.5 Å². The van der Waals surface area contributed by atoms with E-state index in [4.69, 9.17) is 25.0 Å². The number of nitrogens with zero attached hydrogens (tertiary/aromatic N) is 2. The molecule has 1 unspecified atom stereocenters. The minimum absolute atomic E-state index is 0.0873. The number of ether oxygens (including phenoxy) is 3. The van der Waals surface area contributed by atoms with Crippen LogP contribution >= 0.6 is 11.8 Å². The SMILES string of the molecule is CSC(C)(C)c1cc(N)n(-c2cccc(OCCOC3CCCCO3)c2)n1. The zero-order chi connectivity index (χ0) is 19.3. The van der Waals surface area contributed by atoms with Crippen molar-refractivity contribution in [2.45, 2.75) is 44.1 Å². The summed E-state index contributed by atoms with van der Waals surface area (Å²) in [6.45, 7) is 6.04. The Labute approximate surface area is 165 Å². The third-order valence-corrected chi connectivity index (χ3v) is 5.95. The molecule has 1 aromatic heterocycles. The number of nitrogen functional groups attached to an aromatic ring is 1. The Morgan fingerprint density at radius 2 is 2.15 bits per heavy atom. The van der Waals surface area contributed by atoms with Crippen LogP contribution in [-0.2, 0) is 14.2 Å². The van der Waals surface area contributed by atoms with Gasteiger partial charge in [-0.15, -0.1) is 0 Å². The number of nitrogens with two attached hydrogens (primary N) is 1. The predicted molar refractivity (Wildman–Crippen MR) is 110 cm³/mol. The fourth-order valence-corrected chi connectivity index (χ4v) is 3.20. The molecule has 148 valence electrons. The van der Waals surface area contributed by atoms with E-state index >= 15 is 0 Å². The number of benzene rings is 1. The Morgan fingerprint density at radius 3 is 2.89 bits per heavy atom. The number of hydrogen-bond donors (Lipinski definition) is 1. The van der Waals surface area contributed by atoms with Crippen LogP contribution in [0.3, 0.4) is 0 Å². The Morgan fingerprint density at radius 1 is 1.30 bits per heavy atom. The second kappa shape index (κ2) is 8.99. The molecule has 0 bridgehead atoms. The van der Waals surface area contributed by atoms with Gasteiger partial charge in [0, 0.05) is 18.7 Å². The highest BCUT2D eigenvalue weighted by Gasteiger charge is 2.24. The van der Waals surface area contributed by atoms with Gasteiger partial charge in [0.05, 0.1) is 22.7 Å². The maximum Gasteiger partial charge on any atom is 0.157 e. The summed E-state index contributed by atoms with van der Waals surface area (Å²) in [5.74, 6) is 1.38. The first-order chi connectivity index (χ1) is 13.0. The van der Waals surface area contributed by atoms with Crippen molar-refractivity contribution in [2.75, 3.05) is 31.8 Å². The zero-order valence-electron chi connectivity index (χ0n) is 16.3. The highest BCUT2D eigenvalue weighted by Crippen LogP contribution is 2.34. The van der Waals surface area contributed by atoms with Crippen molar-refractivity contribution in [1.82, 2.24) is 9.78 Å². The molecule has 0 radical (unpaired) electrons.